The summed E-state index contributed by atoms with van der Waals surface area (Å²) in [7, 11) is 0. The van der Waals surface area contributed by atoms with E-state index in [1.807, 2.05) is 6.07 Å². The molecule has 0 aliphatic carbocycles. The standard InChI is InChI=1S/C12H10N4O4/c13-6-7-1-3-10(16(19)20)9(5-7)14-8-2-4-11(17)15-12(8)18/h1,3,5,8,14H,2,4H2,(H,15,17,18). The number of nitro groups is 1. The van der Waals surface area contributed by atoms with Crippen LogP contribution in [0.5, 0.6) is 0 Å². The van der Waals surface area contributed by atoms with Gasteiger partial charge in [-0.15, -0.1) is 0 Å². The third-order valence-electron chi connectivity index (χ3n) is 2.89. The molecule has 2 N–H and O–H groups in total. The van der Waals surface area contributed by atoms with Gasteiger partial charge < -0.3 is 5.32 Å². The average molecular weight is 274 g/mol. The van der Waals surface area contributed by atoms with Gasteiger partial charge in [0.05, 0.1) is 16.6 Å². The molecule has 1 saturated heterocycles. The summed E-state index contributed by atoms with van der Waals surface area (Å²) in [6, 6.07) is 4.97. The Morgan fingerprint density at radius 3 is 2.80 bits per heavy atom. The third-order valence-corrected chi connectivity index (χ3v) is 2.89. The first-order chi connectivity index (χ1) is 9.51. The quantitative estimate of drug-likeness (QED) is 0.474. The van der Waals surface area contributed by atoms with E-state index >= 15 is 0 Å². The summed E-state index contributed by atoms with van der Waals surface area (Å²) >= 11 is 0. The van der Waals surface area contributed by atoms with Crippen LogP contribution in [-0.4, -0.2) is 22.8 Å². The number of hydrogen-bond acceptors (Lipinski definition) is 6. The van der Waals surface area contributed by atoms with E-state index in [1.54, 1.807) is 0 Å². The van der Waals surface area contributed by atoms with Crippen molar-refractivity contribution in [1.29, 1.82) is 5.26 Å². The van der Waals surface area contributed by atoms with Gasteiger partial charge >= 0.3 is 0 Å². The van der Waals surface area contributed by atoms with Crippen molar-refractivity contribution in [2.45, 2.75) is 18.9 Å². The minimum absolute atomic E-state index is 0.0866. The Bertz CT molecular complexity index is 635. The van der Waals surface area contributed by atoms with E-state index in [0.717, 1.165) is 0 Å². The monoisotopic (exact) mass is 274 g/mol. The van der Waals surface area contributed by atoms with Crippen LogP contribution in [0.15, 0.2) is 18.2 Å². The van der Waals surface area contributed by atoms with Gasteiger partial charge in [0, 0.05) is 12.5 Å². The van der Waals surface area contributed by atoms with Crippen molar-refractivity contribution < 1.29 is 14.5 Å². The molecule has 1 aliphatic rings. The predicted molar refractivity (Wildman–Crippen MR) is 67.6 cm³/mol. The summed E-state index contributed by atoms with van der Waals surface area (Å²) in [5.41, 5.74) is 0.0997. The molecule has 1 fully saturated rings. The number of piperidine rings is 1. The van der Waals surface area contributed by atoms with Crippen LogP contribution in [0.25, 0.3) is 0 Å². The summed E-state index contributed by atoms with van der Waals surface area (Å²) in [5, 5.41) is 24.6. The number of nitrogens with zero attached hydrogens (tertiary/aromatic N) is 2. The second-order valence-corrected chi connectivity index (χ2v) is 4.25. The molecule has 0 aromatic heterocycles. The van der Waals surface area contributed by atoms with Gasteiger partial charge in [0.1, 0.15) is 11.7 Å². The molecule has 1 heterocycles. The van der Waals surface area contributed by atoms with Crippen LogP contribution in [0.2, 0.25) is 0 Å². The number of nitro benzene ring substituents is 1. The van der Waals surface area contributed by atoms with E-state index in [0.29, 0.717) is 0 Å². The lowest BCUT2D eigenvalue weighted by atomic mass is 10.1. The average Bonchev–Trinajstić information content (AvgIpc) is 2.41. The van der Waals surface area contributed by atoms with Gasteiger partial charge in [0.2, 0.25) is 11.8 Å². The Kier molecular flexibility index (Phi) is 3.61. The minimum Gasteiger partial charge on any atom is -0.368 e. The fourth-order valence-electron chi connectivity index (χ4n) is 1.90. The van der Waals surface area contributed by atoms with Crippen molar-refractivity contribution in [3.8, 4) is 6.07 Å². The number of carbonyl (C=O) groups excluding carboxylic acids is 2. The topological polar surface area (TPSA) is 125 Å². The molecule has 0 radical (unpaired) electrons. The Hall–Kier alpha value is -2.95. The molecule has 0 bridgehead atoms. The highest BCUT2D eigenvalue weighted by Crippen LogP contribution is 2.27. The normalized spacial score (nSPS) is 18.1. The maximum absolute atomic E-state index is 11.6. The third kappa shape index (κ3) is 2.72. The number of imide groups is 1. The Morgan fingerprint density at radius 2 is 2.20 bits per heavy atom. The van der Waals surface area contributed by atoms with Gasteiger partial charge in [0.25, 0.3) is 5.69 Å². The van der Waals surface area contributed by atoms with Crippen LogP contribution in [0.1, 0.15) is 18.4 Å². The predicted octanol–water partition coefficient (Wildman–Crippen LogP) is 0.684. The fourth-order valence-corrected chi connectivity index (χ4v) is 1.90. The largest absolute Gasteiger partial charge is 0.368 e. The molecular weight excluding hydrogens is 264 g/mol. The van der Waals surface area contributed by atoms with Gasteiger partial charge in [-0.25, -0.2) is 0 Å². The van der Waals surface area contributed by atoms with E-state index in [1.165, 1.54) is 18.2 Å². The molecule has 1 atom stereocenters. The number of hydrogen-bond donors (Lipinski definition) is 2. The highest BCUT2D eigenvalue weighted by molar-refractivity contribution is 6.01. The van der Waals surface area contributed by atoms with Gasteiger partial charge in [-0.3, -0.25) is 25.0 Å². The Balaban J connectivity index is 2.28. The fraction of sp³-hybridized carbons (Fsp3) is 0.250. The van der Waals surface area contributed by atoms with Crippen molar-refractivity contribution in [3.63, 3.8) is 0 Å². The number of rotatable bonds is 3. The zero-order chi connectivity index (χ0) is 14.7. The van der Waals surface area contributed by atoms with Crippen molar-refractivity contribution >= 4 is 23.2 Å². The second kappa shape index (κ2) is 5.36. The summed E-state index contributed by atoms with van der Waals surface area (Å²) in [6.07, 6.45) is 0.410. The molecule has 8 heteroatoms. The zero-order valence-electron chi connectivity index (χ0n) is 10.3. The Morgan fingerprint density at radius 1 is 1.45 bits per heavy atom. The summed E-state index contributed by atoms with van der Waals surface area (Å²) in [4.78, 5) is 33.0. The second-order valence-electron chi connectivity index (χ2n) is 4.25. The molecule has 2 rings (SSSR count). The van der Waals surface area contributed by atoms with Crippen molar-refractivity contribution in [3.05, 3.63) is 33.9 Å². The lowest BCUT2D eigenvalue weighted by Crippen LogP contribution is -2.47. The molecule has 1 aliphatic heterocycles. The Labute approximate surface area is 113 Å². The number of nitriles is 1. The molecular formula is C12H10N4O4. The van der Waals surface area contributed by atoms with Crippen LogP contribution >= 0.6 is 0 Å². The van der Waals surface area contributed by atoms with E-state index in [2.05, 4.69) is 10.6 Å². The molecule has 1 unspecified atom stereocenters. The number of benzene rings is 1. The summed E-state index contributed by atoms with van der Waals surface area (Å²) in [6.45, 7) is 0. The summed E-state index contributed by atoms with van der Waals surface area (Å²) < 4.78 is 0. The summed E-state index contributed by atoms with van der Waals surface area (Å²) in [5.74, 6) is -0.897. The van der Waals surface area contributed by atoms with Crippen LogP contribution in [0.4, 0.5) is 11.4 Å². The van der Waals surface area contributed by atoms with Crippen LogP contribution in [0.3, 0.4) is 0 Å². The number of amides is 2. The number of carbonyl (C=O) groups is 2. The van der Waals surface area contributed by atoms with Crippen molar-refractivity contribution in [2.24, 2.45) is 0 Å². The zero-order valence-corrected chi connectivity index (χ0v) is 10.3. The SMILES string of the molecule is N#Cc1ccc([N+](=O)[O-])c(NC2CCC(=O)NC2=O)c1. The molecule has 1 aromatic carbocycles. The number of nitrogens with one attached hydrogen (secondary N) is 2. The molecule has 0 spiro atoms. The van der Waals surface area contributed by atoms with E-state index in [4.69, 9.17) is 5.26 Å². The number of anilines is 1. The van der Waals surface area contributed by atoms with Crippen LogP contribution in [-0.2, 0) is 9.59 Å². The van der Waals surface area contributed by atoms with Crippen molar-refractivity contribution in [2.75, 3.05) is 5.32 Å². The van der Waals surface area contributed by atoms with E-state index in [9.17, 15) is 19.7 Å². The van der Waals surface area contributed by atoms with Gasteiger partial charge in [-0.1, -0.05) is 0 Å². The van der Waals surface area contributed by atoms with Gasteiger partial charge in [-0.2, -0.15) is 5.26 Å². The van der Waals surface area contributed by atoms with E-state index < -0.39 is 16.9 Å². The van der Waals surface area contributed by atoms with Crippen LogP contribution in [0, 0.1) is 21.4 Å². The molecule has 0 saturated carbocycles. The van der Waals surface area contributed by atoms with Gasteiger partial charge in [-0.05, 0) is 18.6 Å². The minimum atomic E-state index is -0.736. The van der Waals surface area contributed by atoms with Gasteiger partial charge in [0.15, 0.2) is 0 Å². The first-order valence-corrected chi connectivity index (χ1v) is 5.80. The molecule has 2 amide bonds. The van der Waals surface area contributed by atoms with Crippen LogP contribution < -0.4 is 10.6 Å². The lowest BCUT2D eigenvalue weighted by Gasteiger charge is -2.22. The first kappa shape index (κ1) is 13.5. The maximum atomic E-state index is 11.6. The highest BCUT2D eigenvalue weighted by Gasteiger charge is 2.28. The van der Waals surface area contributed by atoms with Crippen molar-refractivity contribution in [1.82, 2.24) is 5.32 Å². The molecule has 20 heavy (non-hydrogen) atoms. The molecule has 8 nitrogen and oxygen atoms in total. The lowest BCUT2D eigenvalue weighted by molar-refractivity contribution is -0.384. The highest BCUT2D eigenvalue weighted by atomic mass is 16.6. The smallest absolute Gasteiger partial charge is 0.292 e. The maximum Gasteiger partial charge on any atom is 0.292 e. The molecule has 102 valence electrons. The van der Waals surface area contributed by atoms with E-state index in [-0.39, 0.29) is 35.7 Å². The first-order valence-electron chi connectivity index (χ1n) is 5.80. The molecule has 1 aromatic rings.